The Morgan fingerprint density at radius 2 is 2.44 bits per heavy atom. The molecule has 16 heavy (non-hydrogen) atoms. The summed E-state index contributed by atoms with van der Waals surface area (Å²) >= 11 is 0. The molecule has 0 bridgehead atoms. The van der Waals surface area contributed by atoms with E-state index in [9.17, 15) is 4.79 Å². The summed E-state index contributed by atoms with van der Waals surface area (Å²) in [5.41, 5.74) is 5.63. The van der Waals surface area contributed by atoms with Crippen molar-refractivity contribution in [1.82, 2.24) is 19.7 Å². The van der Waals surface area contributed by atoms with E-state index in [1.807, 2.05) is 4.90 Å². The fourth-order valence-corrected chi connectivity index (χ4v) is 2.20. The molecule has 1 amide bonds. The molecule has 0 spiro atoms. The standard InChI is InChI=1S/C10H17N5O/c1-8-2-9(3-11)4-15(8)10(16)5-14-7-12-6-13-14/h6-9H,2-5,11H2,1H3. The molecule has 0 aliphatic carbocycles. The van der Waals surface area contributed by atoms with Crippen LogP contribution in [0.15, 0.2) is 12.7 Å². The highest BCUT2D eigenvalue weighted by molar-refractivity contribution is 5.76. The van der Waals surface area contributed by atoms with E-state index in [1.165, 1.54) is 6.33 Å². The van der Waals surface area contributed by atoms with Gasteiger partial charge in [0.15, 0.2) is 0 Å². The number of nitrogens with zero attached hydrogens (tertiary/aromatic N) is 4. The number of hydrogen-bond donors (Lipinski definition) is 1. The minimum atomic E-state index is 0.0916. The van der Waals surface area contributed by atoms with Gasteiger partial charge in [-0.05, 0) is 25.8 Å². The lowest BCUT2D eigenvalue weighted by Crippen LogP contribution is -2.36. The minimum Gasteiger partial charge on any atom is -0.338 e. The van der Waals surface area contributed by atoms with Crippen LogP contribution in [0, 0.1) is 5.92 Å². The molecule has 6 nitrogen and oxygen atoms in total. The molecule has 2 heterocycles. The molecule has 1 aromatic heterocycles. The third-order valence-electron chi connectivity index (χ3n) is 3.08. The van der Waals surface area contributed by atoms with E-state index in [0.717, 1.165) is 13.0 Å². The Hall–Kier alpha value is -1.43. The van der Waals surface area contributed by atoms with Crippen LogP contribution in [0.4, 0.5) is 0 Å². The van der Waals surface area contributed by atoms with Crippen LogP contribution < -0.4 is 5.73 Å². The number of rotatable bonds is 3. The fourth-order valence-electron chi connectivity index (χ4n) is 2.20. The number of amides is 1. The Labute approximate surface area is 94.4 Å². The van der Waals surface area contributed by atoms with Crippen molar-refractivity contribution in [1.29, 1.82) is 0 Å². The summed E-state index contributed by atoms with van der Waals surface area (Å²) in [6.45, 7) is 3.75. The van der Waals surface area contributed by atoms with E-state index in [-0.39, 0.29) is 18.5 Å². The molecular formula is C10H17N5O. The molecule has 0 aromatic carbocycles. The van der Waals surface area contributed by atoms with Gasteiger partial charge in [-0.15, -0.1) is 0 Å². The molecule has 1 aliphatic rings. The average Bonchev–Trinajstić information content (AvgIpc) is 2.87. The van der Waals surface area contributed by atoms with Crippen molar-refractivity contribution in [2.24, 2.45) is 11.7 Å². The van der Waals surface area contributed by atoms with Gasteiger partial charge in [-0.25, -0.2) is 9.67 Å². The van der Waals surface area contributed by atoms with Crippen molar-refractivity contribution >= 4 is 5.91 Å². The molecule has 88 valence electrons. The van der Waals surface area contributed by atoms with Crippen LogP contribution in [0.25, 0.3) is 0 Å². The Bertz CT molecular complexity index is 350. The Balaban J connectivity index is 1.95. The van der Waals surface area contributed by atoms with Crippen molar-refractivity contribution in [2.45, 2.75) is 25.9 Å². The average molecular weight is 223 g/mol. The van der Waals surface area contributed by atoms with Crippen molar-refractivity contribution in [3.05, 3.63) is 12.7 Å². The first kappa shape index (κ1) is 11.1. The normalized spacial score (nSPS) is 25.0. The first-order valence-electron chi connectivity index (χ1n) is 5.52. The molecule has 2 N–H and O–H groups in total. The topological polar surface area (TPSA) is 77.0 Å². The van der Waals surface area contributed by atoms with Gasteiger partial charge in [-0.1, -0.05) is 0 Å². The van der Waals surface area contributed by atoms with E-state index in [1.54, 1.807) is 11.0 Å². The second-order valence-corrected chi connectivity index (χ2v) is 4.33. The van der Waals surface area contributed by atoms with Gasteiger partial charge in [0.05, 0.1) is 0 Å². The predicted molar refractivity (Wildman–Crippen MR) is 58.4 cm³/mol. The van der Waals surface area contributed by atoms with Crippen LogP contribution in [0.3, 0.4) is 0 Å². The molecule has 6 heteroatoms. The Kier molecular flexibility index (Phi) is 3.19. The molecule has 0 radical (unpaired) electrons. The highest BCUT2D eigenvalue weighted by Gasteiger charge is 2.31. The molecule has 1 aliphatic heterocycles. The van der Waals surface area contributed by atoms with E-state index >= 15 is 0 Å². The summed E-state index contributed by atoms with van der Waals surface area (Å²) in [6, 6.07) is 0.282. The van der Waals surface area contributed by atoms with Crippen LogP contribution in [0.5, 0.6) is 0 Å². The first-order chi connectivity index (χ1) is 7.70. The minimum absolute atomic E-state index is 0.0916. The van der Waals surface area contributed by atoms with Gasteiger partial charge in [0.1, 0.15) is 19.2 Å². The maximum Gasteiger partial charge on any atom is 0.244 e. The van der Waals surface area contributed by atoms with Gasteiger partial charge in [0.25, 0.3) is 0 Å². The number of aromatic nitrogens is 3. The molecule has 1 aromatic rings. The number of hydrogen-bond acceptors (Lipinski definition) is 4. The van der Waals surface area contributed by atoms with Crippen molar-refractivity contribution in [3.8, 4) is 0 Å². The summed E-state index contributed by atoms with van der Waals surface area (Å²) in [5, 5.41) is 3.93. The van der Waals surface area contributed by atoms with Crippen molar-refractivity contribution in [3.63, 3.8) is 0 Å². The summed E-state index contributed by atoms with van der Waals surface area (Å²) in [4.78, 5) is 17.7. The lowest BCUT2D eigenvalue weighted by Gasteiger charge is -2.21. The highest BCUT2D eigenvalue weighted by atomic mass is 16.2. The molecule has 2 unspecified atom stereocenters. The van der Waals surface area contributed by atoms with Gasteiger partial charge in [0, 0.05) is 12.6 Å². The van der Waals surface area contributed by atoms with Crippen molar-refractivity contribution in [2.75, 3.05) is 13.1 Å². The lowest BCUT2D eigenvalue weighted by molar-refractivity contribution is -0.132. The van der Waals surface area contributed by atoms with Crippen LogP contribution in [0.1, 0.15) is 13.3 Å². The summed E-state index contributed by atoms with van der Waals surface area (Å²) < 4.78 is 1.55. The Morgan fingerprint density at radius 1 is 1.62 bits per heavy atom. The molecule has 0 saturated carbocycles. The summed E-state index contributed by atoms with van der Waals surface area (Å²) in [5.74, 6) is 0.531. The quantitative estimate of drug-likeness (QED) is 0.747. The number of carbonyl (C=O) groups is 1. The second-order valence-electron chi connectivity index (χ2n) is 4.33. The SMILES string of the molecule is CC1CC(CN)CN1C(=O)Cn1cncn1. The van der Waals surface area contributed by atoms with Crippen LogP contribution in [-0.4, -0.2) is 44.7 Å². The molecule has 2 atom stereocenters. The number of nitrogens with two attached hydrogens (primary N) is 1. The number of carbonyl (C=O) groups excluding carboxylic acids is 1. The van der Waals surface area contributed by atoms with Crippen LogP contribution in [-0.2, 0) is 11.3 Å². The third-order valence-corrected chi connectivity index (χ3v) is 3.08. The van der Waals surface area contributed by atoms with Crippen LogP contribution in [0.2, 0.25) is 0 Å². The van der Waals surface area contributed by atoms with E-state index < -0.39 is 0 Å². The monoisotopic (exact) mass is 223 g/mol. The maximum absolute atomic E-state index is 12.0. The second kappa shape index (κ2) is 4.61. The zero-order chi connectivity index (χ0) is 11.5. The zero-order valence-corrected chi connectivity index (χ0v) is 9.41. The Morgan fingerprint density at radius 3 is 3.00 bits per heavy atom. The van der Waals surface area contributed by atoms with Gasteiger partial charge in [0.2, 0.25) is 5.91 Å². The molecule has 1 fully saturated rings. The van der Waals surface area contributed by atoms with Gasteiger partial charge < -0.3 is 10.6 Å². The smallest absolute Gasteiger partial charge is 0.244 e. The van der Waals surface area contributed by atoms with Crippen LogP contribution >= 0.6 is 0 Å². The van der Waals surface area contributed by atoms with Crippen molar-refractivity contribution < 1.29 is 4.79 Å². The molecule has 2 rings (SSSR count). The highest BCUT2D eigenvalue weighted by Crippen LogP contribution is 2.22. The van der Waals surface area contributed by atoms with E-state index in [0.29, 0.717) is 12.5 Å². The van der Waals surface area contributed by atoms with E-state index in [2.05, 4.69) is 17.0 Å². The number of likely N-dealkylation sites (tertiary alicyclic amines) is 1. The van der Waals surface area contributed by atoms with Gasteiger partial charge in [-0.3, -0.25) is 4.79 Å². The fraction of sp³-hybridized carbons (Fsp3) is 0.700. The summed E-state index contributed by atoms with van der Waals surface area (Å²) in [7, 11) is 0. The maximum atomic E-state index is 12.0. The van der Waals surface area contributed by atoms with Gasteiger partial charge >= 0.3 is 0 Å². The van der Waals surface area contributed by atoms with E-state index in [4.69, 9.17) is 5.73 Å². The third kappa shape index (κ3) is 2.21. The zero-order valence-electron chi connectivity index (χ0n) is 9.41. The predicted octanol–water partition coefficient (Wildman–Crippen LogP) is -0.526. The summed E-state index contributed by atoms with van der Waals surface area (Å²) in [6.07, 6.45) is 3.99. The largest absolute Gasteiger partial charge is 0.338 e. The first-order valence-corrected chi connectivity index (χ1v) is 5.52. The van der Waals surface area contributed by atoms with Gasteiger partial charge in [-0.2, -0.15) is 5.10 Å². The lowest BCUT2D eigenvalue weighted by atomic mass is 10.1. The molecule has 1 saturated heterocycles. The molecular weight excluding hydrogens is 206 g/mol.